The highest BCUT2D eigenvalue weighted by molar-refractivity contribution is 5.95. The Bertz CT molecular complexity index is 642. The van der Waals surface area contributed by atoms with Crippen molar-refractivity contribution in [2.75, 3.05) is 13.7 Å². The Kier molecular flexibility index (Phi) is 5.31. The number of amidine groups is 1. The van der Waals surface area contributed by atoms with Crippen molar-refractivity contribution in [2.24, 2.45) is 10.8 Å². The van der Waals surface area contributed by atoms with Crippen molar-refractivity contribution in [3.05, 3.63) is 54.4 Å². The first kappa shape index (κ1) is 15.3. The average Bonchev–Trinajstić information content (AvgIpc) is 2.59. The van der Waals surface area contributed by atoms with Crippen LogP contribution in [0.3, 0.4) is 0 Å². The van der Waals surface area contributed by atoms with E-state index in [0.717, 1.165) is 5.75 Å². The summed E-state index contributed by atoms with van der Waals surface area (Å²) in [5, 5.41) is 3.77. The second-order valence-corrected chi connectivity index (χ2v) is 4.24. The fraction of sp³-hybridized carbons (Fsp3) is 0.133. The molecule has 7 heteroatoms. The molecule has 0 aliphatic carbocycles. The molecule has 1 aromatic heterocycles. The lowest BCUT2D eigenvalue weighted by Gasteiger charge is -2.07. The van der Waals surface area contributed by atoms with Gasteiger partial charge in [0.2, 0.25) is 0 Å². The Morgan fingerprint density at radius 2 is 1.82 bits per heavy atom. The Balaban J connectivity index is 1.83. The molecule has 0 unspecified atom stereocenters. The predicted molar refractivity (Wildman–Crippen MR) is 81.8 cm³/mol. The number of pyridine rings is 1. The number of ether oxygens (including phenoxy) is 2. The molecule has 0 spiro atoms. The standard InChI is InChI=1S/C15H16N4O3/c1-21-12-2-4-13(5-3-12)22-10-14(16)18-19-15(20)11-6-8-17-9-7-11/h2-9H,10H2,1H3,(H2,16,18)(H,19,20). The number of hydrazone groups is 1. The summed E-state index contributed by atoms with van der Waals surface area (Å²) in [6.07, 6.45) is 3.05. The molecule has 1 amide bonds. The van der Waals surface area contributed by atoms with Gasteiger partial charge in [-0.1, -0.05) is 0 Å². The molecule has 2 aromatic rings. The molecule has 7 nitrogen and oxygen atoms in total. The Labute approximate surface area is 127 Å². The normalized spacial score (nSPS) is 10.9. The molecule has 114 valence electrons. The van der Waals surface area contributed by atoms with Crippen LogP contribution in [0, 0.1) is 0 Å². The molecule has 0 aliphatic rings. The van der Waals surface area contributed by atoms with Crippen LogP contribution in [-0.2, 0) is 0 Å². The zero-order chi connectivity index (χ0) is 15.8. The first-order chi connectivity index (χ1) is 10.7. The van der Waals surface area contributed by atoms with Crippen molar-refractivity contribution in [3.8, 4) is 11.5 Å². The maximum Gasteiger partial charge on any atom is 0.271 e. The number of hydrogen-bond donors (Lipinski definition) is 2. The van der Waals surface area contributed by atoms with Gasteiger partial charge in [0.1, 0.15) is 18.1 Å². The van der Waals surface area contributed by atoms with Crippen molar-refractivity contribution in [1.82, 2.24) is 10.4 Å². The van der Waals surface area contributed by atoms with Crippen LogP contribution >= 0.6 is 0 Å². The van der Waals surface area contributed by atoms with Crippen molar-refractivity contribution in [2.45, 2.75) is 0 Å². The molecule has 0 radical (unpaired) electrons. The lowest BCUT2D eigenvalue weighted by molar-refractivity contribution is 0.0954. The largest absolute Gasteiger partial charge is 0.497 e. The minimum atomic E-state index is -0.366. The van der Waals surface area contributed by atoms with Crippen molar-refractivity contribution in [3.63, 3.8) is 0 Å². The van der Waals surface area contributed by atoms with Crippen molar-refractivity contribution >= 4 is 11.7 Å². The molecule has 0 fully saturated rings. The third-order valence-corrected chi connectivity index (χ3v) is 2.69. The number of amides is 1. The van der Waals surface area contributed by atoms with Gasteiger partial charge in [0.05, 0.1) is 7.11 Å². The van der Waals surface area contributed by atoms with Gasteiger partial charge in [-0.15, -0.1) is 0 Å². The maximum absolute atomic E-state index is 11.7. The number of methoxy groups -OCH3 is 1. The highest BCUT2D eigenvalue weighted by Gasteiger charge is 2.03. The first-order valence-electron chi connectivity index (χ1n) is 6.48. The van der Waals surface area contributed by atoms with E-state index in [1.54, 1.807) is 43.5 Å². The van der Waals surface area contributed by atoms with Gasteiger partial charge >= 0.3 is 0 Å². The number of rotatable bonds is 6. The molecular weight excluding hydrogens is 284 g/mol. The monoisotopic (exact) mass is 300 g/mol. The van der Waals surface area contributed by atoms with E-state index < -0.39 is 0 Å². The van der Waals surface area contributed by atoms with Gasteiger partial charge in [0.25, 0.3) is 5.91 Å². The van der Waals surface area contributed by atoms with Gasteiger partial charge < -0.3 is 15.2 Å². The molecule has 0 aliphatic heterocycles. The molecule has 2 rings (SSSR count). The summed E-state index contributed by atoms with van der Waals surface area (Å²) in [5.74, 6) is 1.14. The quantitative estimate of drug-likeness (QED) is 0.474. The summed E-state index contributed by atoms with van der Waals surface area (Å²) in [6.45, 7) is 0.0585. The van der Waals surface area contributed by atoms with Crippen LogP contribution in [0.2, 0.25) is 0 Å². The van der Waals surface area contributed by atoms with Crippen LogP contribution < -0.4 is 20.6 Å². The summed E-state index contributed by atoms with van der Waals surface area (Å²) in [6, 6.07) is 10.2. The summed E-state index contributed by atoms with van der Waals surface area (Å²) < 4.78 is 10.5. The second kappa shape index (κ2) is 7.63. The summed E-state index contributed by atoms with van der Waals surface area (Å²) in [5.41, 5.74) is 8.47. The van der Waals surface area contributed by atoms with E-state index in [-0.39, 0.29) is 18.3 Å². The number of nitrogens with two attached hydrogens (primary N) is 1. The van der Waals surface area contributed by atoms with Gasteiger partial charge in [0.15, 0.2) is 5.84 Å². The molecule has 22 heavy (non-hydrogen) atoms. The predicted octanol–water partition coefficient (Wildman–Crippen LogP) is 1.17. The molecule has 0 bridgehead atoms. The number of hydrogen-bond acceptors (Lipinski definition) is 5. The van der Waals surface area contributed by atoms with Gasteiger partial charge in [-0.25, -0.2) is 5.43 Å². The summed E-state index contributed by atoms with van der Waals surface area (Å²) >= 11 is 0. The average molecular weight is 300 g/mol. The van der Waals surface area contributed by atoms with E-state index in [1.165, 1.54) is 12.4 Å². The van der Waals surface area contributed by atoms with Gasteiger partial charge in [-0.2, -0.15) is 5.10 Å². The minimum absolute atomic E-state index is 0.0585. The van der Waals surface area contributed by atoms with Gasteiger partial charge in [0, 0.05) is 18.0 Å². The molecule has 0 saturated heterocycles. The molecule has 3 N–H and O–H groups in total. The number of nitrogens with zero attached hydrogens (tertiary/aromatic N) is 2. The first-order valence-corrected chi connectivity index (χ1v) is 6.48. The molecule has 0 atom stereocenters. The minimum Gasteiger partial charge on any atom is -0.497 e. The highest BCUT2D eigenvalue weighted by Crippen LogP contribution is 2.16. The smallest absolute Gasteiger partial charge is 0.271 e. The number of carbonyl (C=O) groups excluding carboxylic acids is 1. The van der Waals surface area contributed by atoms with Crippen LogP contribution in [0.25, 0.3) is 0 Å². The second-order valence-electron chi connectivity index (χ2n) is 4.24. The van der Waals surface area contributed by atoms with Crippen LogP contribution in [0.15, 0.2) is 53.9 Å². The summed E-state index contributed by atoms with van der Waals surface area (Å²) in [7, 11) is 1.59. The highest BCUT2D eigenvalue weighted by atomic mass is 16.5. The van der Waals surface area contributed by atoms with Crippen LogP contribution in [0.4, 0.5) is 0 Å². The van der Waals surface area contributed by atoms with Crippen LogP contribution in [-0.4, -0.2) is 30.4 Å². The van der Waals surface area contributed by atoms with E-state index in [0.29, 0.717) is 11.3 Å². The lowest BCUT2D eigenvalue weighted by Crippen LogP contribution is -2.27. The topological polar surface area (TPSA) is 98.8 Å². The fourth-order valence-corrected chi connectivity index (χ4v) is 1.55. The maximum atomic E-state index is 11.7. The van der Waals surface area contributed by atoms with E-state index in [9.17, 15) is 4.79 Å². The molecule has 1 aromatic carbocycles. The van der Waals surface area contributed by atoms with Crippen molar-refractivity contribution in [1.29, 1.82) is 0 Å². The van der Waals surface area contributed by atoms with E-state index >= 15 is 0 Å². The number of aromatic nitrogens is 1. The summed E-state index contributed by atoms with van der Waals surface area (Å²) in [4.78, 5) is 15.6. The Morgan fingerprint density at radius 1 is 1.18 bits per heavy atom. The van der Waals surface area contributed by atoms with Crippen molar-refractivity contribution < 1.29 is 14.3 Å². The van der Waals surface area contributed by atoms with E-state index in [2.05, 4.69) is 15.5 Å². The lowest BCUT2D eigenvalue weighted by atomic mass is 10.3. The van der Waals surface area contributed by atoms with Gasteiger partial charge in [-0.05, 0) is 36.4 Å². The molecular formula is C15H16N4O3. The third kappa shape index (κ3) is 4.48. The SMILES string of the molecule is COc1ccc(OC/C(N)=N\NC(=O)c2ccncc2)cc1. The fourth-order valence-electron chi connectivity index (χ4n) is 1.55. The third-order valence-electron chi connectivity index (χ3n) is 2.69. The van der Waals surface area contributed by atoms with E-state index in [1.807, 2.05) is 0 Å². The molecule has 0 saturated carbocycles. The number of carbonyl (C=O) groups is 1. The number of nitrogens with one attached hydrogen (secondary N) is 1. The van der Waals surface area contributed by atoms with E-state index in [4.69, 9.17) is 15.2 Å². The van der Waals surface area contributed by atoms with Crippen LogP contribution in [0.5, 0.6) is 11.5 Å². The Hall–Kier alpha value is -3.09. The molecule has 1 heterocycles. The van der Waals surface area contributed by atoms with Gasteiger partial charge in [-0.3, -0.25) is 9.78 Å². The zero-order valence-corrected chi connectivity index (χ0v) is 12.0. The Morgan fingerprint density at radius 3 is 2.45 bits per heavy atom. The zero-order valence-electron chi connectivity index (χ0n) is 12.0. The number of benzene rings is 1. The van der Waals surface area contributed by atoms with Crippen LogP contribution in [0.1, 0.15) is 10.4 Å².